The molecule has 0 aromatic carbocycles. The minimum Gasteiger partial charge on any atom is -0.464 e. The van der Waals surface area contributed by atoms with Crippen molar-refractivity contribution >= 4 is 11.8 Å². The van der Waals surface area contributed by atoms with E-state index in [1.807, 2.05) is 0 Å². The third kappa shape index (κ3) is 4.74. The predicted molar refractivity (Wildman–Crippen MR) is 75.4 cm³/mol. The average Bonchev–Trinajstić information content (AvgIpc) is 2.66. The number of furan rings is 1. The second-order valence-corrected chi connectivity index (χ2v) is 5.98. The van der Waals surface area contributed by atoms with Crippen LogP contribution in [0.1, 0.15) is 25.4 Å². The van der Waals surface area contributed by atoms with Crippen LogP contribution in [0, 0.1) is 0 Å². The number of rotatable bonds is 7. The molecule has 17 heavy (non-hydrogen) atoms. The second kappa shape index (κ2) is 6.47. The van der Waals surface area contributed by atoms with Crippen molar-refractivity contribution in [2.24, 2.45) is 0 Å². The first-order chi connectivity index (χ1) is 7.95. The minimum absolute atomic E-state index is 0.161. The van der Waals surface area contributed by atoms with Crippen LogP contribution in [0.25, 0.3) is 0 Å². The SMILES string of the molecule is CSCc1ccc(CNCC(C)(C)N(C)C)o1. The van der Waals surface area contributed by atoms with E-state index in [0.29, 0.717) is 0 Å². The first-order valence-electron chi connectivity index (χ1n) is 5.90. The van der Waals surface area contributed by atoms with Gasteiger partial charge in [-0.2, -0.15) is 11.8 Å². The highest BCUT2D eigenvalue weighted by Gasteiger charge is 2.19. The lowest BCUT2D eigenvalue weighted by atomic mass is 10.0. The molecular formula is C13H24N2OS. The summed E-state index contributed by atoms with van der Waals surface area (Å²) >= 11 is 1.78. The second-order valence-electron chi connectivity index (χ2n) is 5.11. The molecule has 1 rings (SSSR count). The summed E-state index contributed by atoms with van der Waals surface area (Å²) in [5.41, 5.74) is 0.161. The van der Waals surface area contributed by atoms with Crippen LogP contribution in [0.15, 0.2) is 16.5 Å². The van der Waals surface area contributed by atoms with E-state index in [1.54, 1.807) is 11.8 Å². The Kier molecular flexibility index (Phi) is 5.56. The summed E-state index contributed by atoms with van der Waals surface area (Å²) in [5, 5.41) is 3.44. The Labute approximate surface area is 109 Å². The summed E-state index contributed by atoms with van der Waals surface area (Å²) in [5.74, 6) is 3.02. The van der Waals surface area contributed by atoms with Gasteiger partial charge in [-0.1, -0.05) is 0 Å². The summed E-state index contributed by atoms with van der Waals surface area (Å²) < 4.78 is 5.70. The Balaban J connectivity index is 2.35. The number of thioether (sulfide) groups is 1. The van der Waals surface area contributed by atoms with Crippen LogP contribution in [0.4, 0.5) is 0 Å². The molecule has 3 nitrogen and oxygen atoms in total. The molecule has 0 spiro atoms. The number of hydrogen-bond acceptors (Lipinski definition) is 4. The van der Waals surface area contributed by atoms with E-state index in [2.05, 4.69) is 56.5 Å². The van der Waals surface area contributed by atoms with Gasteiger partial charge in [0, 0.05) is 12.1 Å². The molecule has 1 heterocycles. The molecular weight excluding hydrogens is 232 g/mol. The number of nitrogens with one attached hydrogen (secondary N) is 1. The fourth-order valence-electron chi connectivity index (χ4n) is 1.39. The minimum atomic E-state index is 0.161. The third-order valence-electron chi connectivity index (χ3n) is 3.07. The standard InChI is InChI=1S/C13H24N2OS/c1-13(2,15(3)4)10-14-8-11-6-7-12(16-11)9-17-5/h6-7,14H,8-10H2,1-5H3. The average molecular weight is 256 g/mol. The van der Waals surface area contributed by atoms with Gasteiger partial charge in [-0.3, -0.25) is 0 Å². The van der Waals surface area contributed by atoms with E-state index in [9.17, 15) is 0 Å². The van der Waals surface area contributed by atoms with Gasteiger partial charge >= 0.3 is 0 Å². The Morgan fingerprint density at radius 3 is 2.53 bits per heavy atom. The summed E-state index contributed by atoms with van der Waals surface area (Å²) in [4.78, 5) is 2.22. The van der Waals surface area contributed by atoms with Crippen molar-refractivity contribution in [3.63, 3.8) is 0 Å². The van der Waals surface area contributed by atoms with Gasteiger partial charge in [0.15, 0.2) is 0 Å². The quantitative estimate of drug-likeness (QED) is 0.811. The molecule has 0 saturated carbocycles. The van der Waals surface area contributed by atoms with Crippen LogP contribution < -0.4 is 5.32 Å². The Hall–Kier alpha value is -0.450. The van der Waals surface area contributed by atoms with Crippen molar-refractivity contribution in [2.75, 3.05) is 26.9 Å². The lowest BCUT2D eigenvalue weighted by Gasteiger charge is -2.32. The van der Waals surface area contributed by atoms with Gasteiger partial charge < -0.3 is 14.6 Å². The van der Waals surface area contributed by atoms with E-state index in [0.717, 1.165) is 30.4 Å². The van der Waals surface area contributed by atoms with Gasteiger partial charge in [-0.25, -0.2) is 0 Å². The number of nitrogens with zero attached hydrogens (tertiary/aromatic N) is 1. The largest absolute Gasteiger partial charge is 0.464 e. The molecule has 0 unspecified atom stereocenters. The van der Waals surface area contributed by atoms with Crippen LogP contribution in [0.3, 0.4) is 0 Å². The first kappa shape index (κ1) is 14.6. The molecule has 0 atom stereocenters. The van der Waals surface area contributed by atoms with Crippen molar-refractivity contribution in [2.45, 2.75) is 31.7 Å². The van der Waals surface area contributed by atoms with E-state index < -0.39 is 0 Å². The highest BCUT2D eigenvalue weighted by molar-refractivity contribution is 7.97. The number of likely N-dealkylation sites (N-methyl/N-ethyl adjacent to an activating group) is 1. The van der Waals surface area contributed by atoms with Crippen LogP contribution >= 0.6 is 11.8 Å². The number of hydrogen-bond donors (Lipinski definition) is 1. The first-order valence-corrected chi connectivity index (χ1v) is 7.30. The Morgan fingerprint density at radius 1 is 1.29 bits per heavy atom. The summed E-state index contributed by atoms with van der Waals surface area (Å²) in [6, 6.07) is 4.12. The molecule has 0 saturated heterocycles. The molecule has 98 valence electrons. The molecule has 0 aliphatic carbocycles. The van der Waals surface area contributed by atoms with Gasteiger partial charge in [-0.15, -0.1) is 0 Å². The zero-order chi connectivity index (χ0) is 12.9. The highest BCUT2D eigenvalue weighted by Crippen LogP contribution is 2.14. The molecule has 1 aromatic rings. The molecule has 0 aliphatic heterocycles. The lowest BCUT2D eigenvalue weighted by Crippen LogP contribution is -2.46. The van der Waals surface area contributed by atoms with Crippen LogP contribution in [-0.2, 0) is 12.3 Å². The van der Waals surface area contributed by atoms with Crippen molar-refractivity contribution in [1.29, 1.82) is 0 Å². The maximum atomic E-state index is 5.70. The smallest absolute Gasteiger partial charge is 0.118 e. The summed E-state index contributed by atoms with van der Waals surface area (Å²) in [7, 11) is 4.20. The lowest BCUT2D eigenvalue weighted by molar-refractivity contribution is 0.188. The van der Waals surface area contributed by atoms with Crippen LogP contribution in [0.5, 0.6) is 0 Å². The Bertz CT molecular complexity index is 334. The molecule has 0 fully saturated rings. The predicted octanol–water partition coefficient (Wildman–Crippen LogP) is 2.57. The fourth-order valence-corrected chi connectivity index (χ4v) is 1.83. The molecule has 4 heteroatoms. The third-order valence-corrected chi connectivity index (χ3v) is 3.64. The molecule has 0 aliphatic rings. The van der Waals surface area contributed by atoms with Gasteiger partial charge in [0.25, 0.3) is 0 Å². The van der Waals surface area contributed by atoms with Crippen molar-refractivity contribution in [3.05, 3.63) is 23.7 Å². The summed E-state index contributed by atoms with van der Waals surface area (Å²) in [6.07, 6.45) is 2.08. The van der Waals surface area contributed by atoms with Crippen molar-refractivity contribution in [3.8, 4) is 0 Å². The maximum Gasteiger partial charge on any atom is 0.118 e. The van der Waals surface area contributed by atoms with Crippen LogP contribution in [-0.4, -0.2) is 37.3 Å². The topological polar surface area (TPSA) is 28.4 Å². The molecule has 0 amide bonds. The Morgan fingerprint density at radius 2 is 1.94 bits per heavy atom. The van der Waals surface area contributed by atoms with Crippen molar-refractivity contribution in [1.82, 2.24) is 10.2 Å². The molecule has 1 aromatic heterocycles. The van der Waals surface area contributed by atoms with Crippen molar-refractivity contribution < 1.29 is 4.42 Å². The van der Waals surface area contributed by atoms with E-state index in [1.165, 1.54) is 0 Å². The van der Waals surface area contributed by atoms with Gasteiger partial charge in [-0.05, 0) is 46.3 Å². The van der Waals surface area contributed by atoms with E-state index in [-0.39, 0.29) is 5.54 Å². The highest BCUT2D eigenvalue weighted by atomic mass is 32.2. The van der Waals surface area contributed by atoms with Gasteiger partial charge in [0.1, 0.15) is 11.5 Å². The van der Waals surface area contributed by atoms with E-state index >= 15 is 0 Å². The zero-order valence-corrected chi connectivity index (χ0v) is 12.4. The molecule has 1 N–H and O–H groups in total. The molecule has 0 bridgehead atoms. The maximum absolute atomic E-state index is 5.70. The van der Waals surface area contributed by atoms with Gasteiger partial charge in [0.05, 0.1) is 12.3 Å². The van der Waals surface area contributed by atoms with E-state index in [4.69, 9.17) is 4.42 Å². The monoisotopic (exact) mass is 256 g/mol. The van der Waals surface area contributed by atoms with Gasteiger partial charge in [0.2, 0.25) is 0 Å². The fraction of sp³-hybridized carbons (Fsp3) is 0.692. The zero-order valence-electron chi connectivity index (χ0n) is 11.5. The molecule has 0 radical (unpaired) electrons. The summed E-state index contributed by atoms with van der Waals surface area (Å²) in [6.45, 7) is 6.19. The van der Waals surface area contributed by atoms with Crippen LogP contribution in [0.2, 0.25) is 0 Å². The normalized spacial score (nSPS) is 12.4.